The highest BCUT2D eigenvalue weighted by molar-refractivity contribution is 6.30. The average Bonchev–Trinajstić information content (AvgIpc) is 2.39. The highest BCUT2D eigenvalue weighted by atomic mass is 35.5. The van der Waals surface area contributed by atoms with Crippen LogP contribution < -0.4 is 0 Å². The van der Waals surface area contributed by atoms with E-state index in [0.29, 0.717) is 5.15 Å². The maximum atomic E-state index is 6.30. The summed E-state index contributed by atoms with van der Waals surface area (Å²) in [4.78, 5) is 6.80. The molecule has 1 aromatic heterocycles. The molecular formula is C16H21ClN2. The molecule has 0 radical (unpaired) electrons. The number of hydrogen-bond acceptors (Lipinski definition) is 2. The number of nitrogens with zero attached hydrogens (tertiary/aromatic N) is 2. The molecule has 0 saturated heterocycles. The Hall–Kier alpha value is -1.12. The molecule has 1 aromatic carbocycles. The Morgan fingerprint density at radius 1 is 1.26 bits per heavy atom. The number of halogens is 1. The average molecular weight is 277 g/mol. The molecule has 0 bridgehead atoms. The summed E-state index contributed by atoms with van der Waals surface area (Å²) < 4.78 is 0. The molecule has 0 atom stereocenters. The number of aromatic nitrogens is 1. The Labute approximate surface area is 120 Å². The number of pyridine rings is 1. The highest BCUT2D eigenvalue weighted by Crippen LogP contribution is 2.25. The fraction of sp³-hybridized carbons (Fsp3) is 0.438. The molecular weight excluding hydrogens is 256 g/mol. The van der Waals surface area contributed by atoms with Crippen molar-refractivity contribution in [1.82, 2.24) is 9.88 Å². The van der Waals surface area contributed by atoms with E-state index in [-0.39, 0.29) is 5.54 Å². The molecule has 2 nitrogen and oxygen atoms in total. The quantitative estimate of drug-likeness (QED) is 0.764. The summed E-state index contributed by atoms with van der Waals surface area (Å²) in [7, 11) is 2.13. The zero-order valence-electron chi connectivity index (χ0n) is 12.1. The molecule has 0 saturated carbocycles. The largest absolute Gasteiger partial charge is 0.297 e. The summed E-state index contributed by atoms with van der Waals surface area (Å²) in [6.45, 7) is 7.51. The van der Waals surface area contributed by atoms with E-state index >= 15 is 0 Å². The number of fused-ring (bicyclic) bond motifs is 1. The van der Waals surface area contributed by atoms with E-state index in [4.69, 9.17) is 11.6 Å². The van der Waals surface area contributed by atoms with Gasteiger partial charge in [0.25, 0.3) is 0 Å². The van der Waals surface area contributed by atoms with E-state index in [9.17, 15) is 0 Å². The van der Waals surface area contributed by atoms with Gasteiger partial charge in [0, 0.05) is 23.0 Å². The summed E-state index contributed by atoms with van der Waals surface area (Å²) in [5.41, 5.74) is 2.20. The van der Waals surface area contributed by atoms with Crippen LogP contribution in [-0.2, 0) is 6.54 Å². The van der Waals surface area contributed by atoms with E-state index in [1.54, 1.807) is 0 Å². The number of hydrogen-bond donors (Lipinski definition) is 0. The molecule has 3 heteroatoms. The molecule has 2 rings (SSSR count). The molecule has 0 N–H and O–H groups in total. The molecule has 19 heavy (non-hydrogen) atoms. The van der Waals surface area contributed by atoms with Crippen LogP contribution in [0.25, 0.3) is 10.9 Å². The van der Waals surface area contributed by atoms with Crippen LogP contribution in [0.2, 0.25) is 5.15 Å². The van der Waals surface area contributed by atoms with Gasteiger partial charge in [-0.2, -0.15) is 0 Å². The van der Waals surface area contributed by atoms with Crippen LogP contribution in [0.5, 0.6) is 0 Å². The monoisotopic (exact) mass is 276 g/mol. The molecule has 1 heterocycles. The summed E-state index contributed by atoms with van der Waals surface area (Å²) in [6.07, 6.45) is 1.10. The fourth-order valence-corrected chi connectivity index (χ4v) is 2.19. The molecule has 0 aliphatic rings. The van der Waals surface area contributed by atoms with Crippen molar-refractivity contribution in [3.8, 4) is 0 Å². The molecule has 0 unspecified atom stereocenters. The van der Waals surface area contributed by atoms with Gasteiger partial charge in [-0.05, 0) is 39.4 Å². The van der Waals surface area contributed by atoms with Gasteiger partial charge in [-0.1, -0.05) is 36.7 Å². The first-order valence-corrected chi connectivity index (χ1v) is 7.07. The van der Waals surface area contributed by atoms with E-state index in [1.165, 1.54) is 0 Å². The van der Waals surface area contributed by atoms with Crippen LogP contribution >= 0.6 is 11.6 Å². The van der Waals surface area contributed by atoms with Crippen molar-refractivity contribution in [3.05, 3.63) is 41.0 Å². The van der Waals surface area contributed by atoms with Gasteiger partial charge in [-0.25, -0.2) is 4.98 Å². The van der Waals surface area contributed by atoms with Crippen LogP contribution in [0.1, 0.15) is 32.8 Å². The van der Waals surface area contributed by atoms with Gasteiger partial charge in [-0.15, -0.1) is 0 Å². The minimum atomic E-state index is 0.162. The van der Waals surface area contributed by atoms with E-state index in [0.717, 1.165) is 29.4 Å². The molecule has 0 aliphatic carbocycles. The minimum Gasteiger partial charge on any atom is -0.297 e. The van der Waals surface area contributed by atoms with E-state index in [2.05, 4.69) is 49.8 Å². The van der Waals surface area contributed by atoms with E-state index < -0.39 is 0 Å². The Morgan fingerprint density at radius 3 is 2.63 bits per heavy atom. The van der Waals surface area contributed by atoms with Crippen LogP contribution in [0.4, 0.5) is 0 Å². The first kappa shape index (κ1) is 14.3. The Bertz CT molecular complexity index is 578. The Balaban J connectivity index is 2.33. The lowest BCUT2D eigenvalue weighted by molar-refractivity contribution is 0.143. The van der Waals surface area contributed by atoms with Gasteiger partial charge in [0.15, 0.2) is 0 Å². The predicted molar refractivity (Wildman–Crippen MR) is 82.6 cm³/mol. The van der Waals surface area contributed by atoms with Crippen molar-refractivity contribution in [2.75, 3.05) is 7.05 Å². The van der Waals surface area contributed by atoms with Crippen molar-refractivity contribution in [1.29, 1.82) is 0 Å². The second-order valence-corrected chi connectivity index (χ2v) is 6.01. The summed E-state index contributed by atoms with van der Waals surface area (Å²) in [5, 5.41) is 1.75. The number of rotatable bonds is 4. The number of para-hydroxylation sites is 1. The second kappa shape index (κ2) is 5.48. The lowest BCUT2D eigenvalue weighted by Gasteiger charge is -2.35. The maximum Gasteiger partial charge on any atom is 0.134 e. The third-order valence-electron chi connectivity index (χ3n) is 4.06. The second-order valence-electron chi connectivity index (χ2n) is 5.65. The summed E-state index contributed by atoms with van der Waals surface area (Å²) in [6, 6.07) is 10.2. The number of benzene rings is 1. The summed E-state index contributed by atoms with van der Waals surface area (Å²) >= 11 is 6.30. The van der Waals surface area contributed by atoms with Crippen molar-refractivity contribution < 1.29 is 0 Å². The predicted octanol–water partition coefficient (Wildman–Crippen LogP) is 4.51. The lowest BCUT2D eigenvalue weighted by Crippen LogP contribution is -2.39. The minimum absolute atomic E-state index is 0.162. The first-order valence-electron chi connectivity index (χ1n) is 6.69. The smallest absolute Gasteiger partial charge is 0.134 e. The van der Waals surface area contributed by atoms with Crippen molar-refractivity contribution in [3.63, 3.8) is 0 Å². The van der Waals surface area contributed by atoms with Crippen molar-refractivity contribution in [2.24, 2.45) is 0 Å². The van der Waals surface area contributed by atoms with Gasteiger partial charge in [0.05, 0.1) is 5.52 Å². The van der Waals surface area contributed by atoms with Gasteiger partial charge < -0.3 is 0 Å². The van der Waals surface area contributed by atoms with Crippen LogP contribution in [0, 0.1) is 0 Å². The van der Waals surface area contributed by atoms with Gasteiger partial charge in [-0.3, -0.25) is 4.90 Å². The lowest BCUT2D eigenvalue weighted by atomic mass is 9.99. The Morgan fingerprint density at radius 2 is 1.95 bits per heavy atom. The van der Waals surface area contributed by atoms with Crippen molar-refractivity contribution in [2.45, 2.75) is 39.3 Å². The summed E-state index contributed by atoms with van der Waals surface area (Å²) in [5.74, 6) is 0. The molecule has 102 valence electrons. The van der Waals surface area contributed by atoms with Crippen molar-refractivity contribution >= 4 is 22.5 Å². The molecule has 0 spiro atoms. The van der Waals surface area contributed by atoms with Gasteiger partial charge in [0.2, 0.25) is 0 Å². The van der Waals surface area contributed by atoms with Crippen LogP contribution in [0.3, 0.4) is 0 Å². The third kappa shape index (κ3) is 3.07. The van der Waals surface area contributed by atoms with Gasteiger partial charge in [0.1, 0.15) is 5.15 Å². The zero-order chi connectivity index (χ0) is 14.0. The van der Waals surface area contributed by atoms with Crippen LogP contribution in [0.15, 0.2) is 30.3 Å². The molecule has 0 amide bonds. The fourth-order valence-electron chi connectivity index (χ4n) is 1.99. The van der Waals surface area contributed by atoms with Crippen LogP contribution in [-0.4, -0.2) is 22.5 Å². The van der Waals surface area contributed by atoms with Gasteiger partial charge >= 0.3 is 0 Å². The molecule has 0 aliphatic heterocycles. The zero-order valence-corrected chi connectivity index (χ0v) is 12.8. The first-order chi connectivity index (χ1) is 8.94. The highest BCUT2D eigenvalue weighted by Gasteiger charge is 2.22. The maximum absolute atomic E-state index is 6.30. The normalized spacial score (nSPS) is 12.3. The third-order valence-corrected chi connectivity index (χ3v) is 4.38. The molecule has 0 fully saturated rings. The standard InChI is InChI=1S/C16H21ClN2/c1-5-16(2,3)19(4)11-13-10-12-8-6-7-9-14(12)18-15(13)17/h6-10H,5,11H2,1-4H3. The molecule has 2 aromatic rings. The Kier molecular flexibility index (Phi) is 4.12. The van der Waals surface area contributed by atoms with E-state index in [1.807, 2.05) is 18.2 Å². The topological polar surface area (TPSA) is 16.1 Å². The SMILES string of the molecule is CCC(C)(C)N(C)Cc1cc2ccccc2nc1Cl.